The first kappa shape index (κ1) is 73.8. The van der Waals surface area contributed by atoms with Crippen molar-refractivity contribution in [2.24, 2.45) is 11.7 Å². The van der Waals surface area contributed by atoms with Crippen LogP contribution in [0.1, 0.15) is 81.8 Å². The number of carbonyl (C=O) groups excluding carboxylic acids is 1. The van der Waals surface area contributed by atoms with Crippen molar-refractivity contribution >= 4 is 35.0 Å². The van der Waals surface area contributed by atoms with Gasteiger partial charge in [-0.15, -0.1) is 0 Å². The van der Waals surface area contributed by atoms with Gasteiger partial charge in [0.1, 0.15) is 23.2 Å². The monoisotopic (exact) mass is 1280 g/mol. The zero-order valence-corrected chi connectivity index (χ0v) is 51.3. The number of hydrogen-bond donors (Lipinski definition) is 8. The number of halogens is 4. The number of carbonyl (C=O) groups is 2. The number of rotatable bonds is 18. The number of nitrogens with two attached hydrogens (primary N) is 1. The Morgan fingerprint density at radius 3 is 1.09 bits per heavy atom. The first-order valence-electron chi connectivity index (χ1n) is 29.0. The van der Waals surface area contributed by atoms with E-state index in [0.717, 1.165) is 49.7 Å². The van der Waals surface area contributed by atoms with E-state index in [1.54, 1.807) is 111 Å². The number of aliphatic carboxylic acids is 1. The second-order valence-electron chi connectivity index (χ2n) is 19.8. The van der Waals surface area contributed by atoms with Crippen molar-refractivity contribution in [3.05, 3.63) is 133 Å². The van der Waals surface area contributed by atoms with Crippen molar-refractivity contribution in [2.45, 2.75) is 102 Å². The van der Waals surface area contributed by atoms with E-state index in [4.69, 9.17) is 15.9 Å². The number of anilines is 4. The van der Waals surface area contributed by atoms with Crippen molar-refractivity contribution < 1.29 is 62.2 Å². The Morgan fingerprint density at radius 1 is 0.484 bits per heavy atom. The molecule has 0 bridgehead atoms. The van der Waals surface area contributed by atoms with Crippen molar-refractivity contribution in [2.75, 3.05) is 23.8 Å². The van der Waals surface area contributed by atoms with Gasteiger partial charge in [-0.25, -0.2) is 19.9 Å². The molecule has 0 amide bonds. The lowest BCUT2D eigenvalue weighted by Crippen LogP contribution is -2.28. The van der Waals surface area contributed by atoms with Crippen LogP contribution in [0.15, 0.2) is 122 Å². The summed E-state index contributed by atoms with van der Waals surface area (Å²) in [6.45, 7) is -3.11. The van der Waals surface area contributed by atoms with Crippen molar-refractivity contribution in [1.29, 1.82) is 0 Å². The largest absolute Gasteiger partial charge is 0.481 e. The number of nitrogens with one attached hydrogen (secondary N) is 2. The predicted octanol–water partition coefficient (Wildman–Crippen LogP) is 9.26. The molecule has 2 aliphatic rings. The molecular weight excluding hydrogens is 1220 g/mol. The summed E-state index contributed by atoms with van der Waals surface area (Å²) in [5.41, 5.74) is 10.9. The van der Waals surface area contributed by atoms with E-state index < -0.39 is 43.7 Å². The Morgan fingerprint density at radius 2 is 0.821 bits per heavy atom. The molecule has 4 aromatic carbocycles. The molecule has 9 N–H and O–H groups in total. The summed E-state index contributed by atoms with van der Waals surface area (Å²) in [6.07, 6.45) is 11.5. The van der Waals surface area contributed by atoms with Crippen LogP contribution in [-0.4, -0.2) is 102 Å². The molecule has 2 fully saturated rings. The molecule has 2 saturated carbocycles. The average molecular weight is 1280 g/mol. The predicted molar refractivity (Wildman–Crippen MR) is 353 cm³/mol. The van der Waals surface area contributed by atoms with Crippen molar-refractivity contribution in [1.82, 2.24) is 19.9 Å². The summed E-state index contributed by atoms with van der Waals surface area (Å²) in [5, 5.41) is 53.0. The molecule has 0 radical (unpaired) electrons. The summed E-state index contributed by atoms with van der Waals surface area (Å²) in [6, 6.07) is 26.1. The number of aliphatic hydroxyl groups is 4. The standard InChI is InChI=1S/C26H27F2N3O4.C24H6.C20H17F2N3O4.C5H11NO/c27-25(28)35-21-10-6-16(7-11-21)19-13-29-26(30-14-19)31-20-8-4-17(5-9-20)22(15-32)24(34)12-18-2-1-3-23(18)33;1-3-5-7-9-11-13-15-17-19-21-23-24-22-20-18-16-14-12-10-8-6-4-2;21-19(22)29-16-7-3-12(4-8-16)14-9-23-20(24-10-14)25-15-5-1-13(2-6-15)17(11-26)18(27)28;6-4-2-1-3-5(4)7/h4-11,13-14,18,22-23,25,32-33H,1-3,12,15H2,(H,29,30,31);1-2H3;1-10,17,19,26H,11H2,(H,27,28)(H,23,24,25);4-5,7H,1-3,6H2/t18-,22-,23+;;17-;4-,5-/m0.01/s1. The van der Waals surface area contributed by atoms with Gasteiger partial charge in [-0.2, -0.15) is 17.6 Å². The highest BCUT2D eigenvalue weighted by Crippen LogP contribution is 2.32. The summed E-state index contributed by atoms with van der Waals surface area (Å²) < 4.78 is 57.6. The lowest BCUT2D eigenvalue weighted by Gasteiger charge is -2.18. The molecule has 2 aromatic heterocycles. The number of aliphatic hydroxyl groups excluding tert-OH is 4. The van der Waals surface area contributed by atoms with Gasteiger partial charge >= 0.3 is 19.2 Å². The summed E-state index contributed by atoms with van der Waals surface area (Å²) >= 11 is 0. The van der Waals surface area contributed by atoms with Crippen LogP contribution in [0.25, 0.3) is 22.3 Å². The molecule has 95 heavy (non-hydrogen) atoms. The third-order valence-electron chi connectivity index (χ3n) is 13.4. The number of hydrogen-bond acceptors (Lipinski definition) is 15. The number of Topliss-reactive ketones (excluding diaryl/α,β-unsaturated/α-hetero) is 1. The SMILES string of the molecule is CC#CC#CC#CC#CC#CC#CC#CC#CC#CC#CC#CC.N[C@@H]1CCC[C@H]1O.O=C(C[C@@H]1CCC[C@H]1O)[C@@H](CO)c1ccc(Nc2ncc(-c3ccc(OC(F)F)cc3)cn2)cc1.O=C(O)[C@@H](CO)c1ccc(Nc2ncc(-c3ccc(OC(F)F)cc3)cn2)cc1. The van der Waals surface area contributed by atoms with E-state index in [1.807, 2.05) is 0 Å². The van der Waals surface area contributed by atoms with Gasteiger partial charge in [-0.3, -0.25) is 9.59 Å². The van der Waals surface area contributed by atoms with E-state index in [9.17, 15) is 42.5 Å². The Labute approximate surface area is 549 Å². The van der Waals surface area contributed by atoms with Gasteiger partial charge in [-0.1, -0.05) is 66.8 Å². The van der Waals surface area contributed by atoms with E-state index in [0.29, 0.717) is 45.5 Å². The third-order valence-corrected chi connectivity index (χ3v) is 13.4. The van der Waals surface area contributed by atoms with Crippen LogP contribution in [0.4, 0.5) is 40.8 Å². The summed E-state index contributed by atoms with van der Waals surface area (Å²) in [4.78, 5) is 40.8. The number of ketones is 1. The van der Waals surface area contributed by atoms with Crippen LogP contribution in [0.2, 0.25) is 0 Å². The maximum absolute atomic E-state index is 12.7. The molecule has 478 valence electrons. The number of carboxylic acid groups (broad SMARTS) is 1. The molecule has 0 unspecified atom stereocenters. The highest BCUT2D eigenvalue weighted by atomic mass is 19.3. The molecular formula is C75H61F4N7O9. The Hall–Kier alpha value is -11.9. The minimum absolute atomic E-state index is 0.0264. The first-order valence-corrected chi connectivity index (χ1v) is 29.0. The maximum atomic E-state index is 12.7. The second kappa shape index (κ2) is 42.2. The van der Waals surface area contributed by atoms with E-state index >= 15 is 0 Å². The first-order chi connectivity index (χ1) is 46.1. The number of alkyl halides is 4. The number of benzene rings is 4. The minimum Gasteiger partial charge on any atom is -0.481 e. The average Bonchev–Trinajstić information content (AvgIpc) is 3.41. The van der Waals surface area contributed by atoms with Crippen LogP contribution < -0.4 is 25.8 Å². The molecule has 0 aliphatic heterocycles. The van der Waals surface area contributed by atoms with Crippen molar-refractivity contribution in [3.8, 4) is 164 Å². The van der Waals surface area contributed by atoms with E-state index in [-0.39, 0.29) is 48.4 Å². The van der Waals surface area contributed by atoms with E-state index in [1.165, 1.54) is 24.3 Å². The molecule has 6 atom stereocenters. The number of ether oxygens (including phenoxy) is 2. The normalized spacial score (nSPS) is 14.5. The van der Waals surface area contributed by atoms with Crippen LogP contribution in [0.5, 0.6) is 11.5 Å². The molecule has 2 heterocycles. The zero-order chi connectivity index (χ0) is 68.4. The summed E-state index contributed by atoms with van der Waals surface area (Å²) in [7, 11) is 0. The Balaban J connectivity index is 0.000000249. The fourth-order valence-electron chi connectivity index (χ4n) is 8.63. The third kappa shape index (κ3) is 28.0. The van der Waals surface area contributed by atoms with E-state index in [2.05, 4.69) is 170 Å². The molecule has 8 rings (SSSR count). The second-order valence-corrected chi connectivity index (χ2v) is 19.8. The van der Waals surface area contributed by atoms with Gasteiger partial charge in [0.2, 0.25) is 11.9 Å². The maximum Gasteiger partial charge on any atom is 0.387 e. The van der Waals surface area contributed by atoms with Gasteiger partial charge < -0.3 is 51.4 Å². The fraction of sp³-hybridized carbons (Fsp3) is 0.253. The number of nitrogens with zero attached hydrogens (tertiary/aromatic N) is 4. The quantitative estimate of drug-likeness (QED) is 0.0295. The van der Waals surface area contributed by atoms with Gasteiger partial charge in [-0.05, 0) is 217 Å². The Kier molecular flexibility index (Phi) is 32.8. The topological polar surface area (TPSA) is 255 Å². The minimum atomic E-state index is -2.87. The zero-order valence-electron chi connectivity index (χ0n) is 51.3. The fourth-order valence-corrected chi connectivity index (χ4v) is 8.63. The lowest BCUT2D eigenvalue weighted by atomic mass is 9.88. The van der Waals surface area contributed by atoms with Crippen LogP contribution in [0, 0.1) is 136 Å². The van der Waals surface area contributed by atoms with Gasteiger partial charge in [0.05, 0.1) is 31.3 Å². The van der Waals surface area contributed by atoms with Gasteiger partial charge in [0, 0.05) is 83.4 Å². The highest BCUT2D eigenvalue weighted by Gasteiger charge is 2.30. The van der Waals surface area contributed by atoms with Crippen LogP contribution in [0.3, 0.4) is 0 Å². The van der Waals surface area contributed by atoms with Crippen LogP contribution >= 0.6 is 0 Å². The highest BCUT2D eigenvalue weighted by molar-refractivity contribution is 5.86. The molecule has 0 saturated heterocycles. The number of carboxylic acids is 1. The molecule has 20 heteroatoms. The lowest BCUT2D eigenvalue weighted by molar-refractivity contribution is -0.139. The smallest absolute Gasteiger partial charge is 0.387 e. The van der Waals surface area contributed by atoms with Gasteiger partial charge in [0.25, 0.3) is 0 Å². The molecule has 6 aromatic rings. The summed E-state index contributed by atoms with van der Waals surface area (Å²) in [5.74, 6) is 53.7. The molecule has 16 nitrogen and oxygen atoms in total. The van der Waals surface area contributed by atoms with Crippen molar-refractivity contribution in [3.63, 3.8) is 0 Å². The Bertz CT molecular complexity index is 4150. The molecule has 2 aliphatic carbocycles. The van der Waals surface area contributed by atoms with Gasteiger partial charge in [0.15, 0.2) is 0 Å². The molecule has 0 spiro atoms. The van der Waals surface area contributed by atoms with Crippen LogP contribution in [-0.2, 0) is 9.59 Å². The number of aromatic nitrogens is 4.